The van der Waals surface area contributed by atoms with Gasteiger partial charge in [0, 0.05) is 24.9 Å². The van der Waals surface area contributed by atoms with Crippen molar-refractivity contribution in [2.75, 3.05) is 25.5 Å². The second kappa shape index (κ2) is 10.1. The van der Waals surface area contributed by atoms with Gasteiger partial charge in [-0.3, -0.25) is 9.78 Å². The molecular formula is C24H31FN4O4. The maximum Gasteiger partial charge on any atom is 0.410 e. The molecule has 33 heavy (non-hydrogen) atoms. The number of carbonyl (C=O) groups excluding carboxylic acids is 2. The molecule has 9 heteroatoms. The van der Waals surface area contributed by atoms with Crippen LogP contribution in [0.3, 0.4) is 0 Å². The molecule has 0 saturated carbocycles. The number of likely N-dealkylation sites (tertiary alicyclic amines) is 1. The van der Waals surface area contributed by atoms with Crippen LogP contribution in [-0.2, 0) is 11.2 Å². The first kappa shape index (κ1) is 24.3. The monoisotopic (exact) mass is 458 g/mol. The summed E-state index contributed by atoms with van der Waals surface area (Å²) in [6.45, 7) is 5.54. The van der Waals surface area contributed by atoms with Gasteiger partial charge < -0.3 is 25.4 Å². The van der Waals surface area contributed by atoms with Crippen molar-refractivity contribution in [1.29, 1.82) is 0 Å². The van der Waals surface area contributed by atoms with Crippen LogP contribution in [-0.4, -0.2) is 59.9 Å². The van der Waals surface area contributed by atoms with Crippen molar-refractivity contribution < 1.29 is 23.5 Å². The lowest BCUT2D eigenvalue weighted by atomic mass is 10.0. The Balaban J connectivity index is 1.73. The van der Waals surface area contributed by atoms with Crippen LogP contribution in [0.2, 0.25) is 0 Å². The number of benzene rings is 1. The molecule has 1 aliphatic heterocycles. The highest BCUT2D eigenvalue weighted by Crippen LogP contribution is 2.25. The van der Waals surface area contributed by atoms with Crippen LogP contribution in [0.25, 0.3) is 0 Å². The Morgan fingerprint density at radius 3 is 2.70 bits per heavy atom. The number of anilines is 1. The molecule has 0 radical (unpaired) electrons. The summed E-state index contributed by atoms with van der Waals surface area (Å²) in [6.07, 6.45) is 0.379. The van der Waals surface area contributed by atoms with Crippen LogP contribution in [0, 0.1) is 0 Å². The maximum atomic E-state index is 15.0. The largest absolute Gasteiger partial charge is 0.497 e. The number of pyridine rings is 1. The highest BCUT2D eigenvalue weighted by Gasteiger charge is 2.34. The van der Waals surface area contributed by atoms with Crippen molar-refractivity contribution in [2.45, 2.75) is 51.4 Å². The molecule has 0 bridgehead atoms. The third-order valence-corrected chi connectivity index (χ3v) is 5.28. The molecule has 1 aliphatic rings. The van der Waals surface area contributed by atoms with Gasteiger partial charge in [0.05, 0.1) is 30.9 Å². The summed E-state index contributed by atoms with van der Waals surface area (Å²) in [5.41, 5.74) is 7.15. The van der Waals surface area contributed by atoms with E-state index in [1.807, 2.05) is 24.3 Å². The summed E-state index contributed by atoms with van der Waals surface area (Å²) in [7, 11) is 1.60. The second-order valence-corrected chi connectivity index (χ2v) is 9.10. The van der Waals surface area contributed by atoms with E-state index in [1.165, 1.54) is 11.1 Å². The number of hydrogen-bond donors (Lipinski definition) is 2. The van der Waals surface area contributed by atoms with E-state index in [1.54, 1.807) is 33.9 Å². The molecule has 2 heterocycles. The molecule has 3 rings (SSSR count). The molecule has 1 fully saturated rings. The zero-order valence-corrected chi connectivity index (χ0v) is 19.4. The lowest BCUT2D eigenvalue weighted by molar-refractivity contribution is 0.0125. The number of alkyl halides is 1. The van der Waals surface area contributed by atoms with Crippen LogP contribution in [0.5, 0.6) is 5.75 Å². The van der Waals surface area contributed by atoms with Crippen molar-refractivity contribution in [3.05, 3.63) is 53.3 Å². The summed E-state index contributed by atoms with van der Waals surface area (Å²) in [5.74, 6) is 0.0798. The molecule has 0 spiro atoms. The van der Waals surface area contributed by atoms with Gasteiger partial charge in [-0.05, 0) is 51.0 Å². The number of primary amides is 1. The van der Waals surface area contributed by atoms with E-state index in [4.69, 9.17) is 15.2 Å². The van der Waals surface area contributed by atoms with Crippen molar-refractivity contribution in [3.63, 3.8) is 0 Å². The number of aromatic nitrogens is 1. The molecule has 178 valence electrons. The highest BCUT2D eigenvalue weighted by atomic mass is 19.1. The van der Waals surface area contributed by atoms with Crippen molar-refractivity contribution in [3.8, 4) is 5.75 Å². The number of nitrogens with two attached hydrogens (primary N) is 1. The minimum absolute atomic E-state index is 0.0970. The Morgan fingerprint density at radius 1 is 1.30 bits per heavy atom. The Kier molecular flexibility index (Phi) is 7.40. The Bertz CT molecular complexity index is 1010. The number of hydrogen-bond acceptors (Lipinski definition) is 6. The third-order valence-electron chi connectivity index (χ3n) is 5.28. The summed E-state index contributed by atoms with van der Waals surface area (Å²) in [5, 5.41) is 3.12. The minimum Gasteiger partial charge on any atom is -0.497 e. The lowest BCUT2D eigenvalue weighted by Crippen LogP contribution is -2.51. The summed E-state index contributed by atoms with van der Waals surface area (Å²) < 4.78 is 25.6. The molecular weight excluding hydrogens is 427 g/mol. The number of nitrogens with one attached hydrogen (secondary N) is 1. The molecule has 1 aromatic heterocycles. The SMILES string of the molecule is COc1cccc(Cc2cc(N[C@@H]3CCN(C(=O)OC(C)(C)C)C[C@@H]3F)c(C(N)=O)cn2)c1. The first-order valence-electron chi connectivity index (χ1n) is 10.9. The number of ether oxygens (including phenoxy) is 2. The third kappa shape index (κ3) is 6.57. The molecule has 1 saturated heterocycles. The lowest BCUT2D eigenvalue weighted by Gasteiger charge is -2.36. The quantitative estimate of drug-likeness (QED) is 0.686. The Labute approximate surface area is 193 Å². The molecule has 0 unspecified atom stereocenters. The van der Waals surface area contributed by atoms with Gasteiger partial charge in [0.2, 0.25) is 0 Å². The fourth-order valence-electron chi connectivity index (χ4n) is 3.66. The summed E-state index contributed by atoms with van der Waals surface area (Å²) >= 11 is 0. The zero-order valence-electron chi connectivity index (χ0n) is 19.4. The number of piperidine rings is 1. The smallest absolute Gasteiger partial charge is 0.410 e. The predicted octanol–water partition coefficient (Wildman–Crippen LogP) is 3.54. The van der Waals surface area contributed by atoms with Gasteiger partial charge in [0.1, 0.15) is 17.5 Å². The van der Waals surface area contributed by atoms with Gasteiger partial charge in [-0.2, -0.15) is 0 Å². The van der Waals surface area contributed by atoms with Gasteiger partial charge in [0.15, 0.2) is 0 Å². The van der Waals surface area contributed by atoms with E-state index in [2.05, 4.69) is 10.3 Å². The average Bonchev–Trinajstić information content (AvgIpc) is 2.74. The number of rotatable bonds is 6. The second-order valence-electron chi connectivity index (χ2n) is 9.10. The first-order chi connectivity index (χ1) is 15.6. The van der Waals surface area contributed by atoms with Gasteiger partial charge in [-0.1, -0.05) is 12.1 Å². The van der Waals surface area contributed by atoms with Crippen LogP contribution in [0.15, 0.2) is 36.5 Å². The zero-order chi connectivity index (χ0) is 24.2. The summed E-state index contributed by atoms with van der Waals surface area (Å²) in [4.78, 5) is 29.9. The number of carbonyl (C=O) groups is 2. The fraction of sp³-hybridized carbons (Fsp3) is 0.458. The van der Waals surface area contributed by atoms with Crippen LogP contribution < -0.4 is 15.8 Å². The van der Waals surface area contributed by atoms with E-state index in [0.717, 1.165) is 11.3 Å². The topological polar surface area (TPSA) is 107 Å². The Hall–Kier alpha value is -3.36. The fourth-order valence-corrected chi connectivity index (χ4v) is 3.66. The van der Waals surface area contributed by atoms with Crippen molar-refractivity contribution >= 4 is 17.7 Å². The van der Waals surface area contributed by atoms with Gasteiger partial charge in [-0.15, -0.1) is 0 Å². The maximum absolute atomic E-state index is 15.0. The van der Waals surface area contributed by atoms with E-state index in [0.29, 0.717) is 30.8 Å². The molecule has 2 amide bonds. The molecule has 3 N–H and O–H groups in total. The molecule has 8 nitrogen and oxygen atoms in total. The number of nitrogens with zero attached hydrogens (tertiary/aromatic N) is 2. The van der Waals surface area contributed by atoms with Gasteiger partial charge in [0.25, 0.3) is 5.91 Å². The average molecular weight is 459 g/mol. The Morgan fingerprint density at radius 2 is 2.06 bits per heavy atom. The van der Waals surface area contributed by atoms with Gasteiger partial charge in [-0.25, -0.2) is 9.18 Å². The van der Waals surface area contributed by atoms with E-state index in [-0.39, 0.29) is 12.1 Å². The number of halogens is 1. The highest BCUT2D eigenvalue weighted by molar-refractivity contribution is 5.98. The van der Waals surface area contributed by atoms with E-state index < -0.39 is 29.8 Å². The number of amides is 2. The van der Waals surface area contributed by atoms with Crippen LogP contribution >= 0.6 is 0 Å². The summed E-state index contributed by atoms with van der Waals surface area (Å²) in [6, 6.07) is 8.72. The molecule has 2 atom stereocenters. The van der Waals surface area contributed by atoms with E-state index in [9.17, 15) is 14.0 Å². The normalized spacial score (nSPS) is 18.5. The molecule has 0 aliphatic carbocycles. The molecule has 2 aromatic rings. The predicted molar refractivity (Wildman–Crippen MR) is 123 cm³/mol. The van der Waals surface area contributed by atoms with Gasteiger partial charge >= 0.3 is 6.09 Å². The number of methoxy groups -OCH3 is 1. The standard InChI is InChI=1S/C24H31FN4O4/c1-24(2,3)33-23(31)29-9-8-20(19(25)14-29)28-21-12-16(27-13-18(21)22(26)30)10-15-6-5-7-17(11-15)32-4/h5-7,11-13,19-20H,8-10,14H2,1-4H3,(H2,26,30)(H,27,28)/t19-,20+/m0/s1. The molecule has 1 aromatic carbocycles. The van der Waals surface area contributed by atoms with Crippen LogP contribution in [0.1, 0.15) is 48.8 Å². The van der Waals surface area contributed by atoms with Crippen LogP contribution in [0.4, 0.5) is 14.9 Å². The first-order valence-corrected chi connectivity index (χ1v) is 10.9. The minimum atomic E-state index is -1.35. The van der Waals surface area contributed by atoms with Crippen molar-refractivity contribution in [1.82, 2.24) is 9.88 Å². The van der Waals surface area contributed by atoms with E-state index >= 15 is 0 Å². The van der Waals surface area contributed by atoms with Crippen molar-refractivity contribution in [2.24, 2.45) is 5.73 Å².